The number of anilines is 2. The molecule has 0 fully saturated rings. The lowest BCUT2D eigenvalue weighted by atomic mass is 10.1. The van der Waals surface area contributed by atoms with E-state index in [0.717, 1.165) is 25.3 Å². The molecule has 356 valence electrons. The molecule has 0 bridgehead atoms. The van der Waals surface area contributed by atoms with Crippen molar-refractivity contribution in [1.82, 2.24) is 34.5 Å². The summed E-state index contributed by atoms with van der Waals surface area (Å²) in [6.45, 7) is 1.28. The third kappa shape index (κ3) is 14.6. The van der Waals surface area contributed by atoms with E-state index in [0.29, 0.717) is 33.8 Å². The molecule has 2 aromatic heterocycles. The Bertz CT molecular complexity index is 3040. The Morgan fingerprint density at radius 3 is 1.41 bits per heavy atom. The number of rotatable bonds is 16. The third-order valence-electron chi connectivity index (χ3n) is 9.17. The second kappa shape index (κ2) is 24.0. The minimum absolute atomic E-state index is 0. The number of carbonyl (C=O) groups is 5. The molecule has 19 nitrogen and oxygen atoms in total. The van der Waals surface area contributed by atoms with E-state index in [-0.39, 0.29) is 47.3 Å². The van der Waals surface area contributed by atoms with E-state index >= 15 is 0 Å². The van der Waals surface area contributed by atoms with Gasteiger partial charge in [0.05, 0.1) is 45.9 Å². The molecule has 23 heteroatoms. The fourth-order valence-electron chi connectivity index (χ4n) is 5.53. The minimum Gasteiger partial charge on any atom is -0.352 e. The van der Waals surface area contributed by atoms with E-state index in [4.69, 9.17) is 5.26 Å². The van der Waals surface area contributed by atoms with Gasteiger partial charge in [-0.1, -0.05) is 56.0 Å². The maximum absolute atomic E-state index is 12.4. The lowest BCUT2D eigenvalue weighted by Gasteiger charge is -2.12. The molecule has 0 unspecified atom stereocenters. The number of sulfonamides is 2. The van der Waals surface area contributed by atoms with Gasteiger partial charge in [-0.3, -0.25) is 24.0 Å². The van der Waals surface area contributed by atoms with Crippen LogP contribution < -0.4 is 26.6 Å². The number of benzene rings is 4. The third-order valence-corrected chi connectivity index (χ3v) is 14.3. The Morgan fingerprint density at radius 2 is 1.03 bits per heavy atom. The molecule has 6 aromatic rings. The predicted molar refractivity (Wildman–Crippen MR) is 261 cm³/mol. The number of nitrogens with zero attached hydrogens (tertiary/aromatic N) is 5. The van der Waals surface area contributed by atoms with Crippen LogP contribution in [0.4, 0.5) is 10.3 Å². The van der Waals surface area contributed by atoms with Gasteiger partial charge in [0, 0.05) is 74.7 Å². The molecular weight excluding hydrogens is 953 g/mol. The van der Waals surface area contributed by atoms with Crippen LogP contribution in [0, 0.1) is 11.3 Å². The zero-order chi connectivity index (χ0) is 48.9. The fourth-order valence-corrected chi connectivity index (χ4v) is 8.90. The van der Waals surface area contributed by atoms with Crippen molar-refractivity contribution in [3.63, 3.8) is 0 Å². The SMILES string of the molecule is C.CC(=O)NCc1ccc(-c2csc(NC(=O)CNC(=O)c3cccc(S(=O)(=O)N(C)C)c3)n2)cc1.CN(C)S(=O)(=O)c1cccc(C(=O)NCC(=O)Nc2nc(-c3ccc(C#N)cc3)cs2)c1. The average Bonchev–Trinajstić information content (AvgIpc) is 3.99. The highest BCUT2D eigenvalue weighted by Crippen LogP contribution is 2.26. The van der Waals surface area contributed by atoms with Crippen LogP contribution >= 0.6 is 22.7 Å². The summed E-state index contributed by atoms with van der Waals surface area (Å²) in [5.41, 5.74) is 4.73. The first-order valence-electron chi connectivity index (χ1n) is 19.7. The molecule has 0 aliphatic carbocycles. The highest BCUT2D eigenvalue weighted by molar-refractivity contribution is 7.89. The second-order valence-corrected chi connectivity index (χ2v) is 20.5. The summed E-state index contributed by atoms with van der Waals surface area (Å²) in [7, 11) is -1.76. The summed E-state index contributed by atoms with van der Waals surface area (Å²) in [5.74, 6) is -2.20. The molecule has 0 spiro atoms. The summed E-state index contributed by atoms with van der Waals surface area (Å²) in [4.78, 5) is 69.0. The van der Waals surface area contributed by atoms with E-state index < -0.39 is 43.7 Å². The van der Waals surface area contributed by atoms with E-state index in [1.165, 1.54) is 106 Å². The van der Waals surface area contributed by atoms with Crippen LogP contribution in [-0.2, 0) is 41.0 Å². The standard InChI is InChI=1S/C23H25N5O5S2.C21H19N5O4S2.CH4/c1-15(29)24-12-16-7-9-17(10-8-16)20-14-34-23(26-20)27-21(30)13-25-22(31)18-5-4-6-19(11-18)35(32,33)28(2)3;1-26(2)32(29,30)17-5-3-4-16(10-17)20(28)23-12-19(27)25-21-24-18(13-31-21)15-8-6-14(11-22)7-9-15;/h4-11,14H,12-13H2,1-3H3,(H,24,29)(H,25,31)(H,26,27,30);3-10,13H,12H2,1-2H3,(H,23,28)(H,24,25,27);1H4. The zero-order valence-electron chi connectivity index (χ0n) is 36.6. The van der Waals surface area contributed by atoms with Gasteiger partial charge >= 0.3 is 0 Å². The Kier molecular flexibility index (Phi) is 18.9. The molecular formula is C45H48N10O9S4. The summed E-state index contributed by atoms with van der Waals surface area (Å²) in [6.07, 6.45) is 0. The fraction of sp³-hybridized carbons (Fsp3) is 0.200. The topological polar surface area (TPSA) is 270 Å². The highest BCUT2D eigenvalue weighted by atomic mass is 32.2. The van der Waals surface area contributed by atoms with Crippen molar-refractivity contribution < 1.29 is 40.8 Å². The van der Waals surface area contributed by atoms with Crippen molar-refractivity contribution in [2.45, 2.75) is 30.7 Å². The van der Waals surface area contributed by atoms with Crippen molar-refractivity contribution in [1.29, 1.82) is 5.26 Å². The first kappa shape index (κ1) is 53.4. The van der Waals surface area contributed by atoms with Crippen molar-refractivity contribution in [2.24, 2.45) is 0 Å². The Morgan fingerprint density at radius 1 is 0.618 bits per heavy atom. The van der Waals surface area contributed by atoms with Crippen molar-refractivity contribution in [3.05, 3.63) is 130 Å². The molecule has 0 saturated heterocycles. The van der Waals surface area contributed by atoms with Crippen LogP contribution in [0.1, 0.15) is 46.2 Å². The second-order valence-electron chi connectivity index (χ2n) is 14.5. The van der Waals surface area contributed by atoms with Crippen molar-refractivity contribution in [3.8, 4) is 28.6 Å². The van der Waals surface area contributed by atoms with Gasteiger partial charge in [0.25, 0.3) is 11.8 Å². The molecule has 68 heavy (non-hydrogen) atoms. The van der Waals surface area contributed by atoms with Gasteiger partial charge in [0.1, 0.15) is 0 Å². The zero-order valence-corrected chi connectivity index (χ0v) is 39.8. The van der Waals surface area contributed by atoms with Gasteiger partial charge < -0.3 is 26.6 Å². The lowest BCUT2D eigenvalue weighted by molar-refractivity contribution is -0.119. The number of hydrogen-bond acceptors (Lipinski definition) is 14. The number of nitrogens with one attached hydrogen (secondary N) is 5. The normalized spacial score (nSPS) is 11.0. The minimum atomic E-state index is -3.68. The molecule has 5 amide bonds. The maximum Gasteiger partial charge on any atom is 0.251 e. The molecule has 0 radical (unpaired) electrons. The first-order valence-corrected chi connectivity index (χ1v) is 24.4. The van der Waals surface area contributed by atoms with Gasteiger partial charge in [-0.05, 0) is 54.1 Å². The molecule has 0 aliphatic rings. The van der Waals surface area contributed by atoms with E-state index in [2.05, 4.69) is 36.6 Å². The van der Waals surface area contributed by atoms with Crippen LogP contribution in [0.15, 0.2) is 118 Å². The summed E-state index contributed by atoms with van der Waals surface area (Å²) in [6, 6.07) is 27.6. The summed E-state index contributed by atoms with van der Waals surface area (Å²) < 4.78 is 51.1. The Labute approximate surface area is 402 Å². The van der Waals surface area contributed by atoms with Gasteiger partial charge in [0.2, 0.25) is 37.8 Å². The van der Waals surface area contributed by atoms with Gasteiger partial charge in [-0.25, -0.2) is 35.4 Å². The predicted octanol–water partition coefficient (Wildman–Crippen LogP) is 5.00. The van der Waals surface area contributed by atoms with Crippen LogP contribution in [0.2, 0.25) is 0 Å². The molecule has 2 heterocycles. The van der Waals surface area contributed by atoms with E-state index in [1.807, 2.05) is 30.3 Å². The number of carbonyl (C=O) groups excluding carboxylic acids is 5. The Balaban J connectivity index is 0.000000293. The van der Waals surface area contributed by atoms with Gasteiger partial charge in [0.15, 0.2) is 10.3 Å². The quantitative estimate of drug-likeness (QED) is 0.0858. The number of hydrogen-bond donors (Lipinski definition) is 5. The smallest absolute Gasteiger partial charge is 0.251 e. The lowest BCUT2D eigenvalue weighted by Crippen LogP contribution is -2.33. The maximum atomic E-state index is 12.4. The number of amides is 5. The van der Waals surface area contributed by atoms with E-state index in [9.17, 15) is 40.8 Å². The van der Waals surface area contributed by atoms with Gasteiger partial charge in [-0.15, -0.1) is 22.7 Å². The molecule has 0 aliphatic heterocycles. The number of aromatic nitrogens is 2. The Hall–Kier alpha value is -7.20. The molecule has 0 atom stereocenters. The molecule has 4 aromatic carbocycles. The molecule has 5 N–H and O–H groups in total. The monoisotopic (exact) mass is 1000 g/mol. The van der Waals surface area contributed by atoms with E-state index in [1.54, 1.807) is 35.0 Å². The van der Waals surface area contributed by atoms with Crippen molar-refractivity contribution >= 4 is 82.5 Å². The van der Waals surface area contributed by atoms with Crippen LogP contribution in [0.25, 0.3) is 22.5 Å². The first-order chi connectivity index (χ1) is 31.8. The summed E-state index contributed by atoms with van der Waals surface area (Å²) in [5, 5.41) is 26.1. The van der Waals surface area contributed by atoms with Crippen molar-refractivity contribution in [2.75, 3.05) is 51.9 Å². The number of nitriles is 1. The molecule has 0 saturated carbocycles. The molecule has 6 rings (SSSR count). The largest absolute Gasteiger partial charge is 0.352 e. The summed E-state index contributed by atoms with van der Waals surface area (Å²) >= 11 is 2.47. The highest BCUT2D eigenvalue weighted by Gasteiger charge is 2.21. The van der Waals surface area contributed by atoms with Crippen LogP contribution in [0.5, 0.6) is 0 Å². The van der Waals surface area contributed by atoms with Crippen LogP contribution in [-0.4, -0.2) is 106 Å². The van der Waals surface area contributed by atoms with Crippen LogP contribution in [0.3, 0.4) is 0 Å². The number of thiazole rings is 2. The van der Waals surface area contributed by atoms with Gasteiger partial charge in [-0.2, -0.15) is 5.26 Å². The average molecular weight is 1000 g/mol.